The molecule has 0 aliphatic heterocycles. The number of aromatic carboxylic acids is 1. The van der Waals surface area contributed by atoms with Gasteiger partial charge in [-0.3, -0.25) is 4.79 Å². The van der Waals surface area contributed by atoms with Crippen molar-refractivity contribution in [3.8, 4) is 0 Å². The highest BCUT2D eigenvalue weighted by atomic mass is 16.4. The van der Waals surface area contributed by atoms with E-state index in [0.717, 1.165) is 5.39 Å². The third-order valence-electron chi connectivity index (χ3n) is 4.25. The Balaban J connectivity index is 2.35. The van der Waals surface area contributed by atoms with Gasteiger partial charge in [0.05, 0.1) is 12.0 Å². The number of hydrogen-bond acceptors (Lipinski definition) is 3. The van der Waals surface area contributed by atoms with E-state index < -0.39 is 24.0 Å². The summed E-state index contributed by atoms with van der Waals surface area (Å²) in [6.45, 7) is 0. The smallest absolute Gasteiger partial charge is 0.336 e. The summed E-state index contributed by atoms with van der Waals surface area (Å²) in [6.07, 6.45) is -0.648. The summed E-state index contributed by atoms with van der Waals surface area (Å²) in [5.41, 5.74) is -1.68. The molecule has 0 radical (unpaired) electrons. The molecule has 0 bridgehead atoms. The number of hydrogen-bond donors (Lipinski definition) is 3. The first kappa shape index (κ1) is 16.7. The van der Waals surface area contributed by atoms with Crippen LogP contribution in [0.15, 0.2) is 66.7 Å². The lowest BCUT2D eigenvalue weighted by molar-refractivity contribution is -0.141. The SMILES string of the molecule is O=C(O)C[C@@](O)(c1ccccc1C(=O)O)c1cccc2ccccc12. The lowest BCUT2D eigenvalue weighted by atomic mass is 9.79. The second kappa shape index (κ2) is 6.37. The Morgan fingerprint density at radius 3 is 2.12 bits per heavy atom. The van der Waals surface area contributed by atoms with Crippen molar-refractivity contribution < 1.29 is 24.9 Å². The van der Waals surface area contributed by atoms with Crippen molar-refractivity contribution in [3.63, 3.8) is 0 Å². The summed E-state index contributed by atoms with van der Waals surface area (Å²) in [4.78, 5) is 23.1. The van der Waals surface area contributed by atoms with E-state index in [1.165, 1.54) is 18.2 Å². The third kappa shape index (κ3) is 2.97. The first-order chi connectivity index (χ1) is 11.9. The maximum atomic E-state index is 11.6. The maximum absolute atomic E-state index is 11.6. The molecule has 3 N–H and O–H groups in total. The maximum Gasteiger partial charge on any atom is 0.336 e. The van der Waals surface area contributed by atoms with Gasteiger partial charge in [0.25, 0.3) is 0 Å². The summed E-state index contributed by atoms with van der Waals surface area (Å²) in [7, 11) is 0. The molecule has 0 aliphatic carbocycles. The lowest BCUT2D eigenvalue weighted by Crippen LogP contribution is -2.32. The first-order valence-electron chi connectivity index (χ1n) is 7.68. The van der Waals surface area contributed by atoms with E-state index in [0.29, 0.717) is 10.9 Å². The molecule has 3 aromatic carbocycles. The van der Waals surface area contributed by atoms with Crippen LogP contribution in [0.25, 0.3) is 10.8 Å². The fraction of sp³-hybridized carbons (Fsp3) is 0.100. The summed E-state index contributed by atoms with van der Waals surface area (Å²) >= 11 is 0. The van der Waals surface area contributed by atoms with E-state index in [4.69, 9.17) is 0 Å². The summed E-state index contributed by atoms with van der Waals surface area (Å²) in [5.74, 6) is -2.45. The van der Waals surface area contributed by atoms with Crippen molar-refractivity contribution >= 4 is 22.7 Å². The van der Waals surface area contributed by atoms with Crippen molar-refractivity contribution in [1.29, 1.82) is 0 Å². The van der Waals surface area contributed by atoms with Gasteiger partial charge in [-0.2, -0.15) is 0 Å². The zero-order chi connectivity index (χ0) is 18.0. The van der Waals surface area contributed by atoms with Crippen LogP contribution >= 0.6 is 0 Å². The Hall–Kier alpha value is -3.18. The van der Waals surface area contributed by atoms with Crippen LogP contribution < -0.4 is 0 Å². The zero-order valence-corrected chi connectivity index (χ0v) is 13.2. The predicted octanol–water partition coefficient (Wildman–Crippen LogP) is 3.25. The summed E-state index contributed by atoms with van der Waals surface area (Å²) in [5, 5.41) is 31.7. The van der Waals surface area contributed by atoms with E-state index in [-0.39, 0.29) is 11.1 Å². The molecule has 0 heterocycles. The number of carboxylic acids is 2. The molecule has 1 atom stereocenters. The normalized spacial score (nSPS) is 13.3. The van der Waals surface area contributed by atoms with Crippen LogP contribution in [0.2, 0.25) is 0 Å². The topological polar surface area (TPSA) is 94.8 Å². The van der Waals surface area contributed by atoms with Crippen LogP contribution in [0.3, 0.4) is 0 Å². The highest BCUT2D eigenvalue weighted by Gasteiger charge is 2.38. The minimum absolute atomic E-state index is 0.0567. The second-order valence-corrected chi connectivity index (χ2v) is 5.81. The molecule has 126 valence electrons. The van der Waals surface area contributed by atoms with Gasteiger partial charge in [-0.25, -0.2) is 4.79 Å². The molecule has 0 amide bonds. The van der Waals surface area contributed by atoms with Crippen molar-refractivity contribution in [1.82, 2.24) is 0 Å². The molecular weight excluding hydrogens is 320 g/mol. The molecule has 0 unspecified atom stereocenters. The molecule has 0 saturated carbocycles. The van der Waals surface area contributed by atoms with Crippen molar-refractivity contribution in [2.75, 3.05) is 0 Å². The van der Waals surface area contributed by atoms with Gasteiger partial charge in [0.15, 0.2) is 0 Å². The fourth-order valence-corrected chi connectivity index (χ4v) is 3.17. The Kier molecular flexibility index (Phi) is 4.25. The monoisotopic (exact) mass is 336 g/mol. The number of benzene rings is 3. The van der Waals surface area contributed by atoms with Crippen molar-refractivity contribution in [2.45, 2.75) is 12.0 Å². The lowest BCUT2D eigenvalue weighted by Gasteiger charge is -2.30. The van der Waals surface area contributed by atoms with E-state index in [1.54, 1.807) is 30.3 Å². The van der Waals surface area contributed by atoms with E-state index in [1.807, 2.05) is 18.2 Å². The number of fused-ring (bicyclic) bond motifs is 1. The molecule has 25 heavy (non-hydrogen) atoms. The number of carbonyl (C=O) groups is 2. The summed E-state index contributed by atoms with van der Waals surface area (Å²) in [6, 6.07) is 18.4. The van der Waals surface area contributed by atoms with Gasteiger partial charge in [0.1, 0.15) is 5.60 Å². The molecule has 3 aromatic rings. The minimum Gasteiger partial charge on any atom is -0.481 e. The van der Waals surface area contributed by atoms with Gasteiger partial charge in [0.2, 0.25) is 0 Å². The average Bonchev–Trinajstić information content (AvgIpc) is 2.60. The standard InChI is InChI=1S/C20H16O5/c21-18(22)12-20(25,17-10-4-3-9-15(17)19(23)24)16-11-5-7-13-6-1-2-8-14(13)16/h1-11,25H,12H2,(H,21,22)(H,23,24)/t20-/m0/s1. The number of aliphatic hydroxyl groups is 1. The van der Waals surface area contributed by atoms with Gasteiger partial charge in [-0.05, 0) is 22.4 Å². The quantitative estimate of drug-likeness (QED) is 0.665. The average molecular weight is 336 g/mol. The molecule has 0 fully saturated rings. The number of carboxylic acid groups (broad SMARTS) is 2. The second-order valence-electron chi connectivity index (χ2n) is 5.81. The van der Waals surface area contributed by atoms with Gasteiger partial charge in [-0.1, -0.05) is 60.7 Å². The molecule has 5 nitrogen and oxygen atoms in total. The Bertz CT molecular complexity index is 958. The highest BCUT2D eigenvalue weighted by molar-refractivity contribution is 5.92. The Morgan fingerprint density at radius 2 is 1.40 bits per heavy atom. The van der Waals surface area contributed by atoms with Crippen molar-refractivity contribution in [3.05, 3.63) is 83.4 Å². The van der Waals surface area contributed by atoms with Gasteiger partial charge in [-0.15, -0.1) is 0 Å². The van der Waals surface area contributed by atoms with E-state index >= 15 is 0 Å². The highest BCUT2D eigenvalue weighted by Crippen LogP contribution is 2.38. The summed E-state index contributed by atoms with van der Waals surface area (Å²) < 4.78 is 0. The van der Waals surface area contributed by atoms with Crippen LogP contribution in [0.5, 0.6) is 0 Å². The molecule has 0 aliphatic rings. The van der Waals surface area contributed by atoms with E-state index in [2.05, 4.69) is 0 Å². The van der Waals surface area contributed by atoms with Crippen LogP contribution in [-0.4, -0.2) is 27.3 Å². The Labute approximate surface area is 143 Å². The third-order valence-corrected chi connectivity index (χ3v) is 4.25. The molecule has 0 saturated heterocycles. The van der Waals surface area contributed by atoms with Crippen LogP contribution in [0.1, 0.15) is 27.9 Å². The zero-order valence-electron chi connectivity index (χ0n) is 13.2. The fourth-order valence-electron chi connectivity index (χ4n) is 3.17. The molecule has 5 heteroatoms. The van der Waals surface area contributed by atoms with Gasteiger partial charge in [0, 0.05) is 5.56 Å². The number of rotatable bonds is 5. The minimum atomic E-state index is -1.97. The first-order valence-corrected chi connectivity index (χ1v) is 7.68. The molecule has 0 aromatic heterocycles. The number of aliphatic carboxylic acids is 1. The van der Waals surface area contributed by atoms with Crippen LogP contribution in [-0.2, 0) is 10.4 Å². The Morgan fingerprint density at radius 1 is 0.800 bits per heavy atom. The van der Waals surface area contributed by atoms with Crippen LogP contribution in [0.4, 0.5) is 0 Å². The van der Waals surface area contributed by atoms with E-state index in [9.17, 15) is 24.9 Å². The van der Waals surface area contributed by atoms with Crippen molar-refractivity contribution in [2.24, 2.45) is 0 Å². The molecule has 3 rings (SSSR count). The predicted molar refractivity (Wildman–Crippen MR) is 92.6 cm³/mol. The van der Waals surface area contributed by atoms with Gasteiger partial charge >= 0.3 is 11.9 Å². The largest absolute Gasteiger partial charge is 0.481 e. The van der Waals surface area contributed by atoms with Crippen LogP contribution in [0, 0.1) is 0 Å². The molecule has 0 spiro atoms. The molecular formula is C20H16O5. The van der Waals surface area contributed by atoms with Gasteiger partial charge < -0.3 is 15.3 Å².